The molecule has 1 aromatic heterocycles. The van der Waals surface area contributed by atoms with E-state index in [1.165, 1.54) is 0 Å². The molecule has 2 aliphatic heterocycles. The quantitative estimate of drug-likeness (QED) is 0.704. The molecule has 1 amide bonds. The predicted octanol–water partition coefficient (Wildman–Crippen LogP) is 1.00. The maximum Gasteiger partial charge on any atom is 0.224 e. The maximum atomic E-state index is 12.7. The molecule has 2 atom stereocenters. The van der Waals surface area contributed by atoms with Gasteiger partial charge in [-0.15, -0.1) is 10.2 Å². The van der Waals surface area contributed by atoms with Crippen molar-refractivity contribution < 1.29 is 18.3 Å². The Kier molecular flexibility index (Phi) is 6.14. The zero-order chi connectivity index (χ0) is 22.2. The lowest BCUT2D eigenvalue weighted by Crippen LogP contribution is -2.40. The van der Waals surface area contributed by atoms with Crippen molar-refractivity contribution in [3.63, 3.8) is 0 Å². The number of amides is 1. The lowest BCUT2D eigenvalue weighted by molar-refractivity contribution is -0.132. The van der Waals surface area contributed by atoms with E-state index in [1.807, 2.05) is 4.57 Å². The number of β-amino-alcohol motifs (C(OH)–C–C–N with tert-alkyl or cyclic N) is 1. The first-order valence-corrected chi connectivity index (χ1v) is 12.3. The van der Waals surface area contributed by atoms with Gasteiger partial charge >= 0.3 is 0 Å². The summed E-state index contributed by atoms with van der Waals surface area (Å²) >= 11 is 0. The van der Waals surface area contributed by atoms with E-state index in [0.29, 0.717) is 38.4 Å². The molecule has 168 valence electrons. The lowest BCUT2D eigenvalue weighted by atomic mass is 10.1. The third-order valence-electron chi connectivity index (χ3n) is 6.10. The summed E-state index contributed by atoms with van der Waals surface area (Å²) in [7, 11) is -3.49. The molecule has 0 spiro atoms. The molecule has 1 N–H and O–H groups in total. The van der Waals surface area contributed by atoms with Crippen LogP contribution in [0, 0.1) is 0 Å². The van der Waals surface area contributed by atoms with E-state index in [4.69, 9.17) is 0 Å². The van der Waals surface area contributed by atoms with E-state index >= 15 is 0 Å². The molecule has 10 heteroatoms. The number of aliphatic hydroxyl groups excluding tert-OH is 1. The zero-order valence-electron chi connectivity index (χ0n) is 17.9. The summed E-state index contributed by atoms with van der Waals surface area (Å²) in [6.07, 6.45) is 0.179. The Morgan fingerprint density at radius 3 is 2.65 bits per heavy atom. The molecule has 0 bridgehead atoms. The average Bonchev–Trinajstić information content (AvgIpc) is 3.35. The van der Waals surface area contributed by atoms with Crippen molar-refractivity contribution in [1.29, 1.82) is 0 Å². The molecule has 0 saturated carbocycles. The molecular weight excluding hydrogens is 418 g/mol. The van der Waals surface area contributed by atoms with Gasteiger partial charge in [-0.25, -0.2) is 8.42 Å². The van der Waals surface area contributed by atoms with Crippen molar-refractivity contribution in [2.24, 2.45) is 0 Å². The van der Waals surface area contributed by atoms with Gasteiger partial charge in [0.1, 0.15) is 0 Å². The Labute approximate surface area is 182 Å². The number of benzene rings is 1. The SMILES string of the molecule is CC(C)N1C[C@@H](O)C[C@H]1c1nnc2n1CCN(C(=O)CCS(=O)(=O)c1ccccc1)C2. The largest absolute Gasteiger partial charge is 0.392 e. The number of sulfone groups is 1. The normalized spacial score (nSPS) is 22.1. The van der Waals surface area contributed by atoms with Gasteiger partial charge in [-0.1, -0.05) is 18.2 Å². The van der Waals surface area contributed by atoms with Gasteiger partial charge in [0.05, 0.1) is 29.3 Å². The van der Waals surface area contributed by atoms with Crippen molar-refractivity contribution in [3.8, 4) is 0 Å². The van der Waals surface area contributed by atoms with Crippen molar-refractivity contribution in [2.45, 2.75) is 62.9 Å². The smallest absolute Gasteiger partial charge is 0.224 e. The topological polar surface area (TPSA) is 109 Å². The van der Waals surface area contributed by atoms with Gasteiger partial charge in [0, 0.05) is 32.1 Å². The van der Waals surface area contributed by atoms with Crippen LogP contribution in [0.3, 0.4) is 0 Å². The second-order valence-electron chi connectivity index (χ2n) is 8.52. The second kappa shape index (κ2) is 8.68. The number of hydrogen-bond donors (Lipinski definition) is 1. The molecule has 1 fully saturated rings. The molecule has 31 heavy (non-hydrogen) atoms. The Hall–Kier alpha value is -2.30. The first-order valence-electron chi connectivity index (χ1n) is 10.7. The molecule has 2 aliphatic rings. The summed E-state index contributed by atoms with van der Waals surface area (Å²) in [4.78, 5) is 16.8. The summed E-state index contributed by atoms with van der Waals surface area (Å²) in [5, 5.41) is 18.8. The number of carbonyl (C=O) groups excluding carboxylic acids is 1. The number of carbonyl (C=O) groups is 1. The molecule has 0 radical (unpaired) electrons. The summed E-state index contributed by atoms with van der Waals surface area (Å²) in [6, 6.07) is 8.49. The number of aliphatic hydroxyl groups is 1. The number of aromatic nitrogens is 3. The molecule has 0 aliphatic carbocycles. The highest BCUT2D eigenvalue weighted by Crippen LogP contribution is 2.33. The summed E-state index contributed by atoms with van der Waals surface area (Å²) in [6.45, 7) is 6.18. The van der Waals surface area contributed by atoms with Gasteiger partial charge in [0.25, 0.3) is 0 Å². The molecule has 4 rings (SSSR count). The average molecular weight is 448 g/mol. The molecule has 1 aromatic carbocycles. The van der Waals surface area contributed by atoms with Gasteiger partial charge in [-0.05, 0) is 32.4 Å². The van der Waals surface area contributed by atoms with Crippen LogP contribution < -0.4 is 0 Å². The Morgan fingerprint density at radius 1 is 1.19 bits per heavy atom. The Balaban J connectivity index is 1.41. The maximum absolute atomic E-state index is 12.7. The standard InChI is InChI=1S/C21H29N5O4S/c1-15(2)26-13-16(27)12-18(26)21-23-22-19-14-24(9-10-25(19)21)20(28)8-11-31(29,30)17-6-4-3-5-7-17/h3-7,15-16,18,27H,8-14H2,1-2H3/t16-,18-/m0/s1. The lowest BCUT2D eigenvalue weighted by Gasteiger charge is -2.31. The highest BCUT2D eigenvalue weighted by Gasteiger charge is 2.38. The van der Waals surface area contributed by atoms with Crippen molar-refractivity contribution >= 4 is 15.7 Å². The summed E-state index contributed by atoms with van der Waals surface area (Å²) in [5.41, 5.74) is 0. The van der Waals surface area contributed by atoms with Crippen molar-refractivity contribution in [3.05, 3.63) is 42.0 Å². The highest BCUT2D eigenvalue weighted by atomic mass is 32.2. The van der Waals surface area contributed by atoms with Crippen LogP contribution in [0.5, 0.6) is 0 Å². The fraction of sp³-hybridized carbons (Fsp3) is 0.571. The number of hydrogen-bond acceptors (Lipinski definition) is 7. The van der Waals surface area contributed by atoms with Crippen LogP contribution in [-0.4, -0.2) is 75.0 Å². The monoisotopic (exact) mass is 447 g/mol. The van der Waals surface area contributed by atoms with Crippen LogP contribution in [0.15, 0.2) is 35.2 Å². The summed E-state index contributed by atoms with van der Waals surface area (Å²) < 4.78 is 27.0. The third-order valence-corrected chi connectivity index (χ3v) is 7.83. The first kappa shape index (κ1) is 21.9. The molecular formula is C21H29N5O4S. The summed E-state index contributed by atoms with van der Waals surface area (Å²) in [5.74, 6) is 1.12. The Bertz CT molecular complexity index is 1040. The minimum atomic E-state index is -3.49. The van der Waals surface area contributed by atoms with Crippen LogP contribution >= 0.6 is 0 Å². The number of nitrogens with zero attached hydrogens (tertiary/aromatic N) is 5. The fourth-order valence-electron chi connectivity index (χ4n) is 4.43. The number of fused-ring (bicyclic) bond motifs is 1. The van der Waals surface area contributed by atoms with E-state index < -0.39 is 9.84 Å². The van der Waals surface area contributed by atoms with Crippen LogP contribution in [0.1, 0.15) is 44.4 Å². The minimum Gasteiger partial charge on any atom is -0.392 e. The third kappa shape index (κ3) is 4.51. The fourth-order valence-corrected chi connectivity index (χ4v) is 5.68. The highest BCUT2D eigenvalue weighted by molar-refractivity contribution is 7.91. The van der Waals surface area contributed by atoms with E-state index in [1.54, 1.807) is 35.2 Å². The van der Waals surface area contributed by atoms with Gasteiger partial charge in [-0.2, -0.15) is 0 Å². The van der Waals surface area contributed by atoms with Gasteiger partial charge in [-0.3, -0.25) is 9.69 Å². The van der Waals surface area contributed by atoms with Crippen LogP contribution in [0.25, 0.3) is 0 Å². The van der Waals surface area contributed by atoms with Crippen LogP contribution in [-0.2, 0) is 27.7 Å². The molecule has 3 heterocycles. The van der Waals surface area contributed by atoms with E-state index in [-0.39, 0.29) is 41.2 Å². The number of likely N-dealkylation sites (tertiary alicyclic amines) is 1. The van der Waals surface area contributed by atoms with Crippen LogP contribution in [0.4, 0.5) is 0 Å². The van der Waals surface area contributed by atoms with Gasteiger partial charge < -0.3 is 14.6 Å². The van der Waals surface area contributed by atoms with Gasteiger partial charge in [0.2, 0.25) is 5.91 Å². The van der Waals surface area contributed by atoms with E-state index in [9.17, 15) is 18.3 Å². The Morgan fingerprint density at radius 2 is 1.94 bits per heavy atom. The second-order valence-corrected chi connectivity index (χ2v) is 10.6. The van der Waals surface area contributed by atoms with Crippen LogP contribution in [0.2, 0.25) is 0 Å². The minimum absolute atomic E-state index is 0.00881. The van der Waals surface area contributed by atoms with E-state index in [2.05, 4.69) is 28.9 Å². The molecule has 1 saturated heterocycles. The number of rotatable bonds is 6. The van der Waals surface area contributed by atoms with E-state index in [0.717, 1.165) is 5.82 Å². The predicted molar refractivity (Wildman–Crippen MR) is 114 cm³/mol. The first-order chi connectivity index (χ1) is 14.8. The van der Waals surface area contributed by atoms with Gasteiger partial charge in [0.15, 0.2) is 21.5 Å². The molecule has 0 unspecified atom stereocenters. The van der Waals surface area contributed by atoms with Crippen molar-refractivity contribution in [2.75, 3.05) is 18.8 Å². The zero-order valence-corrected chi connectivity index (χ0v) is 18.7. The van der Waals surface area contributed by atoms with Crippen molar-refractivity contribution in [1.82, 2.24) is 24.6 Å². The molecule has 2 aromatic rings. The molecule has 9 nitrogen and oxygen atoms in total.